The molecule has 1 aromatic heterocycles. The fourth-order valence-electron chi connectivity index (χ4n) is 4.18. The Morgan fingerprint density at radius 1 is 1.09 bits per heavy atom. The molecule has 4 N–H and O–H groups in total. The SMILES string of the molecule is CNCCNC(=O)c1c(C)[nH]c(/C=C2\C(=O)Nc3cc(-c4ccccc4OC)ccc32)c1C. The zero-order valence-corrected chi connectivity index (χ0v) is 19.3. The number of amides is 2. The van der Waals surface area contributed by atoms with E-state index in [-0.39, 0.29) is 11.8 Å². The number of methoxy groups -OCH3 is 1. The van der Waals surface area contributed by atoms with Crippen LogP contribution < -0.4 is 20.7 Å². The molecule has 1 aliphatic rings. The lowest BCUT2D eigenvalue weighted by Gasteiger charge is -2.09. The van der Waals surface area contributed by atoms with Crippen molar-refractivity contribution in [2.75, 3.05) is 32.6 Å². The second-order valence-corrected chi connectivity index (χ2v) is 8.00. The van der Waals surface area contributed by atoms with Crippen LogP contribution in [0.5, 0.6) is 5.75 Å². The fraction of sp³-hybridized carbons (Fsp3) is 0.231. The maximum atomic E-state index is 12.8. The first-order valence-electron chi connectivity index (χ1n) is 10.9. The number of hydrogen-bond donors (Lipinski definition) is 4. The van der Waals surface area contributed by atoms with Gasteiger partial charge >= 0.3 is 0 Å². The minimum Gasteiger partial charge on any atom is -0.496 e. The number of likely N-dealkylation sites (N-methyl/N-ethyl adjacent to an activating group) is 1. The normalized spacial score (nSPS) is 13.7. The molecule has 2 aromatic carbocycles. The first kappa shape index (κ1) is 22.4. The average molecular weight is 445 g/mol. The Balaban J connectivity index is 1.67. The summed E-state index contributed by atoms with van der Waals surface area (Å²) < 4.78 is 5.48. The van der Waals surface area contributed by atoms with Crippen LogP contribution in [0.25, 0.3) is 22.8 Å². The van der Waals surface area contributed by atoms with Crippen LogP contribution in [0.4, 0.5) is 5.69 Å². The first-order valence-corrected chi connectivity index (χ1v) is 10.9. The van der Waals surface area contributed by atoms with Gasteiger partial charge in [0.15, 0.2) is 0 Å². The molecule has 33 heavy (non-hydrogen) atoms. The fourth-order valence-corrected chi connectivity index (χ4v) is 4.18. The molecule has 0 atom stereocenters. The summed E-state index contributed by atoms with van der Waals surface area (Å²) in [6.45, 7) is 4.99. The Kier molecular flexibility index (Phi) is 6.33. The molecule has 0 fully saturated rings. The van der Waals surface area contributed by atoms with Gasteiger partial charge in [0.2, 0.25) is 0 Å². The largest absolute Gasteiger partial charge is 0.496 e. The van der Waals surface area contributed by atoms with E-state index in [1.54, 1.807) is 7.11 Å². The minimum atomic E-state index is -0.172. The van der Waals surface area contributed by atoms with Gasteiger partial charge in [0.1, 0.15) is 5.75 Å². The molecule has 0 aliphatic carbocycles. The topological polar surface area (TPSA) is 95.2 Å². The number of carbonyl (C=O) groups is 2. The standard InChI is InChI=1S/C26H28N4O3/c1-15-21(29-16(2)24(15)26(32)28-12-11-27-3)14-20-19-10-9-17(13-22(19)30-25(20)31)18-7-5-6-8-23(18)33-4/h5-10,13-14,27,29H,11-12H2,1-4H3,(H,28,32)(H,30,31)/b20-14-. The van der Waals surface area contributed by atoms with Gasteiger partial charge in [-0.05, 0) is 50.2 Å². The highest BCUT2D eigenvalue weighted by Crippen LogP contribution is 2.38. The highest BCUT2D eigenvalue weighted by atomic mass is 16.5. The molecule has 0 saturated heterocycles. The molecule has 0 radical (unpaired) electrons. The zero-order valence-electron chi connectivity index (χ0n) is 19.3. The molecule has 0 unspecified atom stereocenters. The number of para-hydroxylation sites is 1. The number of fused-ring (bicyclic) bond motifs is 1. The van der Waals surface area contributed by atoms with Crippen molar-refractivity contribution in [1.29, 1.82) is 0 Å². The van der Waals surface area contributed by atoms with Gasteiger partial charge in [0, 0.05) is 41.3 Å². The third kappa shape index (κ3) is 4.27. The number of aryl methyl sites for hydroxylation is 1. The van der Waals surface area contributed by atoms with E-state index >= 15 is 0 Å². The molecular weight excluding hydrogens is 416 g/mol. The van der Waals surface area contributed by atoms with Crippen molar-refractivity contribution in [3.8, 4) is 16.9 Å². The Morgan fingerprint density at radius 3 is 2.64 bits per heavy atom. The van der Waals surface area contributed by atoms with Crippen LogP contribution in [-0.4, -0.2) is 44.0 Å². The number of H-pyrrole nitrogens is 1. The van der Waals surface area contributed by atoms with Gasteiger partial charge in [-0.3, -0.25) is 9.59 Å². The monoisotopic (exact) mass is 444 g/mol. The first-order chi connectivity index (χ1) is 15.9. The molecule has 7 nitrogen and oxygen atoms in total. The van der Waals surface area contributed by atoms with Crippen LogP contribution in [0.15, 0.2) is 42.5 Å². The molecule has 0 saturated carbocycles. The summed E-state index contributed by atoms with van der Waals surface area (Å²) in [7, 11) is 3.48. The van der Waals surface area contributed by atoms with E-state index in [9.17, 15) is 9.59 Å². The van der Waals surface area contributed by atoms with E-state index in [1.165, 1.54) is 0 Å². The number of carbonyl (C=O) groups excluding carboxylic acids is 2. The summed E-state index contributed by atoms with van der Waals surface area (Å²) in [5.74, 6) is 0.475. The van der Waals surface area contributed by atoms with Crippen molar-refractivity contribution >= 4 is 29.2 Å². The molecule has 1 aliphatic heterocycles. The molecule has 0 bridgehead atoms. The smallest absolute Gasteiger partial charge is 0.256 e. The van der Waals surface area contributed by atoms with Crippen molar-refractivity contribution in [3.05, 3.63) is 70.5 Å². The summed E-state index contributed by atoms with van der Waals surface area (Å²) in [5, 5.41) is 8.89. The third-order valence-corrected chi connectivity index (χ3v) is 5.87. The number of nitrogens with one attached hydrogen (secondary N) is 4. The van der Waals surface area contributed by atoms with Gasteiger partial charge in [-0.25, -0.2) is 0 Å². The van der Waals surface area contributed by atoms with Gasteiger partial charge in [0.05, 0.1) is 18.2 Å². The molecule has 2 amide bonds. The summed E-state index contributed by atoms with van der Waals surface area (Å²) in [6, 6.07) is 13.7. The van der Waals surface area contributed by atoms with Gasteiger partial charge in [-0.1, -0.05) is 30.3 Å². The van der Waals surface area contributed by atoms with Crippen LogP contribution in [0, 0.1) is 13.8 Å². The van der Waals surface area contributed by atoms with Crippen molar-refractivity contribution in [1.82, 2.24) is 15.6 Å². The molecule has 2 heterocycles. The lowest BCUT2D eigenvalue weighted by atomic mass is 9.99. The summed E-state index contributed by atoms with van der Waals surface area (Å²) in [4.78, 5) is 28.7. The maximum absolute atomic E-state index is 12.8. The predicted molar refractivity (Wildman–Crippen MR) is 131 cm³/mol. The van der Waals surface area contributed by atoms with Crippen LogP contribution in [0.3, 0.4) is 0 Å². The van der Waals surface area contributed by atoms with E-state index in [0.29, 0.717) is 24.2 Å². The molecular formula is C26H28N4O3. The Bertz CT molecular complexity index is 1260. The highest BCUT2D eigenvalue weighted by molar-refractivity contribution is 6.35. The number of benzene rings is 2. The second kappa shape index (κ2) is 9.34. The van der Waals surface area contributed by atoms with Crippen molar-refractivity contribution < 1.29 is 14.3 Å². The quantitative estimate of drug-likeness (QED) is 0.330. The molecule has 0 spiro atoms. The van der Waals surface area contributed by atoms with Gasteiger partial charge < -0.3 is 25.7 Å². The van der Waals surface area contributed by atoms with E-state index in [1.807, 2.05) is 69.4 Å². The number of aromatic nitrogens is 1. The molecule has 4 rings (SSSR count). The van der Waals surface area contributed by atoms with Crippen LogP contribution in [0.2, 0.25) is 0 Å². The van der Waals surface area contributed by atoms with Gasteiger partial charge in [-0.15, -0.1) is 0 Å². The Morgan fingerprint density at radius 2 is 1.88 bits per heavy atom. The van der Waals surface area contributed by atoms with Crippen LogP contribution in [0.1, 0.15) is 32.9 Å². The van der Waals surface area contributed by atoms with Crippen molar-refractivity contribution in [2.45, 2.75) is 13.8 Å². The molecule has 170 valence electrons. The molecule has 3 aromatic rings. The Hall–Kier alpha value is -3.84. The van der Waals surface area contributed by atoms with Crippen LogP contribution >= 0.6 is 0 Å². The summed E-state index contributed by atoms with van der Waals surface area (Å²) in [6.07, 6.45) is 1.82. The number of ether oxygens (including phenoxy) is 1. The van der Waals surface area contributed by atoms with Crippen molar-refractivity contribution in [2.24, 2.45) is 0 Å². The van der Waals surface area contributed by atoms with E-state index in [2.05, 4.69) is 20.9 Å². The minimum absolute atomic E-state index is 0.126. The van der Waals surface area contributed by atoms with Gasteiger partial charge in [-0.2, -0.15) is 0 Å². The van der Waals surface area contributed by atoms with E-state index < -0.39 is 0 Å². The maximum Gasteiger partial charge on any atom is 0.256 e. The zero-order chi connectivity index (χ0) is 23.5. The van der Waals surface area contributed by atoms with Gasteiger partial charge in [0.25, 0.3) is 11.8 Å². The number of aromatic amines is 1. The number of hydrogen-bond acceptors (Lipinski definition) is 4. The van der Waals surface area contributed by atoms with E-state index in [4.69, 9.17) is 4.74 Å². The lowest BCUT2D eigenvalue weighted by molar-refractivity contribution is -0.110. The Labute approximate surface area is 193 Å². The third-order valence-electron chi connectivity index (χ3n) is 5.87. The lowest BCUT2D eigenvalue weighted by Crippen LogP contribution is -2.30. The number of anilines is 1. The van der Waals surface area contributed by atoms with E-state index in [0.717, 1.165) is 45.1 Å². The predicted octanol–water partition coefficient (Wildman–Crippen LogP) is 3.75. The van der Waals surface area contributed by atoms with Crippen LogP contribution in [-0.2, 0) is 4.79 Å². The number of rotatable bonds is 7. The molecule has 7 heteroatoms. The summed E-state index contributed by atoms with van der Waals surface area (Å²) in [5.41, 5.74) is 7.00. The highest BCUT2D eigenvalue weighted by Gasteiger charge is 2.26. The average Bonchev–Trinajstić information content (AvgIpc) is 3.28. The van der Waals surface area contributed by atoms with Crippen molar-refractivity contribution in [3.63, 3.8) is 0 Å². The second-order valence-electron chi connectivity index (χ2n) is 8.00. The summed E-state index contributed by atoms with van der Waals surface area (Å²) >= 11 is 0.